The number of ether oxygens (including phenoxy) is 2. The van der Waals surface area contributed by atoms with Crippen molar-refractivity contribution in [2.24, 2.45) is 5.92 Å². The Morgan fingerprint density at radius 3 is 3.00 bits per heavy atom. The van der Waals surface area contributed by atoms with Gasteiger partial charge in [-0.05, 0) is 12.8 Å². The minimum atomic E-state index is -0.145. The molecule has 12 heavy (non-hydrogen) atoms. The van der Waals surface area contributed by atoms with Crippen molar-refractivity contribution in [1.82, 2.24) is 0 Å². The minimum absolute atomic E-state index is 0.00981. The first kappa shape index (κ1) is 8.74. The zero-order valence-corrected chi connectivity index (χ0v) is 9.04. The van der Waals surface area contributed by atoms with Crippen molar-refractivity contribution in [3.63, 3.8) is 0 Å². The predicted molar refractivity (Wildman–Crippen MR) is 51.2 cm³/mol. The molecule has 2 rings (SSSR count). The van der Waals surface area contributed by atoms with Crippen LogP contribution in [0.5, 0.6) is 0 Å². The highest BCUT2D eigenvalue weighted by Gasteiger charge is 2.67. The van der Waals surface area contributed by atoms with Gasteiger partial charge in [-0.15, -0.1) is 0 Å². The number of halogens is 1. The Morgan fingerprint density at radius 2 is 2.50 bits per heavy atom. The SMILES string of the molecule is COC(=O)C1CCC2OC21CI. The molecule has 2 aliphatic rings. The Kier molecular flexibility index (Phi) is 2.07. The molecular weight excluding hydrogens is 271 g/mol. The van der Waals surface area contributed by atoms with Crippen LogP contribution in [0.4, 0.5) is 0 Å². The molecule has 0 aromatic heterocycles. The summed E-state index contributed by atoms with van der Waals surface area (Å²) in [6.45, 7) is 0. The first-order chi connectivity index (χ1) is 5.74. The summed E-state index contributed by atoms with van der Waals surface area (Å²) in [5.41, 5.74) is -0.145. The molecule has 0 radical (unpaired) electrons. The lowest BCUT2D eigenvalue weighted by molar-refractivity contribution is -0.147. The molecule has 1 aliphatic heterocycles. The van der Waals surface area contributed by atoms with E-state index < -0.39 is 0 Å². The van der Waals surface area contributed by atoms with Crippen LogP contribution in [0.1, 0.15) is 12.8 Å². The van der Waals surface area contributed by atoms with Crippen molar-refractivity contribution in [1.29, 1.82) is 0 Å². The third kappa shape index (κ3) is 1.00. The van der Waals surface area contributed by atoms with Crippen LogP contribution < -0.4 is 0 Å². The van der Waals surface area contributed by atoms with Gasteiger partial charge in [0, 0.05) is 4.43 Å². The van der Waals surface area contributed by atoms with E-state index in [0.717, 1.165) is 17.3 Å². The Morgan fingerprint density at radius 1 is 1.75 bits per heavy atom. The molecule has 2 fully saturated rings. The first-order valence-corrected chi connectivity index (χ1v) is 5.59. The summed E-state index contributed by atoms with van der Waals surface area (Å²) in [6, 6.07) is 0. The van der Waals surface area contributed by atoms with Crippen molar-refractivity contribution in [2.45, 2.75) is 24.5 Å². The summed E-state index contributed by atoms with van der Waals surface area (Å²) in [4.78, 5) is 11.3. The highest BCUT2D eigenvalue weighted by atomic mass is 127. The van der Waals surface area contributed by atoms with Gasteiger partial charge in [-0.2, -0.15) is 0 Å². The molecule has 0 aromatic rings. The number of hydrogen-bond acceptors (Lipinski definition) is 3. The largest absolute Gasteiger partial charge is 0.469 e. The van der Waals surface area contributed by atoms with E-state index >= 15 is 0 Å². The van der Waals surface area contributed by atoms with Crippen molar-refractivity contribution in [3.05, 3.63) is 0 Å². The molecule has 0 bridgehead atoms. The van der Waals surface area contributed by atoms with Crippen LogP contribution in [0.2, 0.25) is 0 Å². The standard InChI is InChI=1S/C8H11IO3/c1-11-7(10)5-2-3-6-8(5,4-9)12-6/h5-6H,2-4H2,1H3. The molecule has 3 atom stereocenters. The van der Waals surface area contributed by atoms with Crippen LogP contribution in [0.3, 0.4) is 0 Å². The number of fused-ring (bicyclic) bond motifs is 1. The second-order valence-corrected chi connectivity index (χ2v) is 4.11. The average Bonchev–Trinajstić information content (AvgIpc) is 2.72. The summed E-state index contributed by atoms with van der Waals surface area (Å²) < 4.78 is 11.2. The van der Waals surface area contributed by atoms with Gasteiger partial charge in [-0.25, -0.2) is 0 Å². The highest BCUT2D eigenvalue weighted by Crippen LogP contribution is 2.54. The summed E-state index contributed by atoms with van der Waals surface area (Å²) in [7, 11) is 1.44. The van der Waals surface area contributed by atoms with Gasteiger partial charge >= 0.3 is 5.97 Å². The first-order valence-electron chi connectivity index (χ1n) is 4.06. The minimum Gasteiger partial charge on any atom is -0.469 e. The molecule has 4 heteroatoms. The lowest BCUT2D eigenvalue weighted by Crippen LogP contribution is -2.31. The predicted octanol–water partition coefficient (Wildman–Crippen LogP) is 1.14. The zero-order chi connectivity index (χ0) is 8.77. The van der Waals surface area contributed by atoms with Gasteiger partial charge in [0.15, 0.2) is 0 Å². The van der Waals surface area contributed by atoms with Crippen LogP contribution in [-0.2, 0) is 14.3 Å². The average molecular weight is 282 g/mol. The molecule has 0 spiro atoms. The number of hydrogen-bond donors (Lipinski definition) is 0. The van der Waals surface area contributed by atoms with Crippen molar-refractivity contribution in [3.8, 4) is 0 Å². The number of carbonyl (C=O) groups excluding carboxylic acids is 1. The number of rotatable bonds is 2. The monoisotopic (exact) mass is 282 g/mol. The molecule has 68 valence electrons. The molecule has 1 saturated heterocycles. The summed E-state index contributed by atoms with van der Waals surface area (Å²) in [5.74, 6) is -0.115. The topological polar surface area (TPSA) is 38.8 Å². The van der Waals surface area contributed by atoms with Gasteiger partial charge in [-0.3, -0.25) is 4.79 Å². The van der Waals surface area contributed by atoms with Crippen LogP contribution >= 0.6 is 22.6 Å². The third-order valence-corrected chi connectivity index (χ3v) is 4.04. The molecule has 0 N–H and O–H groups in total. The molecule has 1 heterocycles. The number of methoxy groups -OCH3 is 1. The van der Waals surface area contributed by atoms with Gasteiger partial charge in [0.25, 0.3) is 0 Å². The Bertz CT molecular complexity index is 214. The quantitative estimate of drug-likeness (QED) is 0.330. The van der Waals surface area contributed by atoms with E-state index in [0.29, 0.717) is 6.10 Å². The summed E-state index contributed by atoms with van der Waals surface area (Å²) in [6.07, 6.45) is 2.28. The fraction of sp³-hybridized carbons (Fsp3) is 0.875. The van der Waals surface area contributed by atoms with E-state index in [1.165, 1.54) is 7.11 Å². The van der Waals surface area contributed by atoms with Crippen LogP contribution in [0.25, 0.3) is 0 Å². The molecule has 0 aromatic carbocycles. The summed E-state index contributed by atoms with van der Waals surface area (Å²) >= 11 is 2.28. The molecule has 0 amide bonds. The number of alkyl halides is 1. The number of esters is 1. The van der Waals surface area contributed by atoms with Crippen LogP contribution in [0.15, 0.2) is 0 Å². The van der Waals surface area contributed by atoms with Crippen molar-refractivity contribution < 1.29 is 14.3 Å². The molecular formula is C8H11IO3. The van der Waals surface area contributed by atoms with Gasteiger partial charge in [0.2, 0.25) is 0 Å². The van der Waals surface area contributed by atoms with Gasteiger partial charge in [-0.1, -0.05) is 22.6 Å². The number of carbonyl (C=O) groups is 1. The lowest BCUT2D eigenvalue weighted by atomic mass is 9.97. The smallest absolute Gasteiger partial charge is 0.311 e. The maximum Gasteiger partial charge on any atom is 0.311 e. The highest BCUT2D eigenvalue weighted by molar-refractivity contribution is 14.1. The van der Waals surface area contributed by atoms with Crippen molar-refractivity contribution >= 4 is 28.6 Å². The van der Waals surface area contributed by atoms with E-state index in [2.05, 4.69) is 22.6 Å². The second kappa shape index (κ2) is 2.83. The third-order valence-electron chi connectivity index (χ3n) is 2.85. The summed E-state index contributed by atoms with van der Waals surface area (Å²) in [5, 5.41) is 0. The van der Waals surface area contributed by atoms with Crippen LogP contribution in [-0.4, -0.2) is 29.2 Å². The van der Waals surface area contributed by atoms with E-state index in [4.69, 9.17) is 9.47 Å². The maximum atomic E-state index is 11.3. The fourth-order valence-electron chi connectivity index (χ4n) is 2.07. The van der Waals surface area contributed by atoms with Gasteiger partial charge in [0.1, 0.15) is 5.60 Å². The lowest BCUT2D eigenvalue weighted by Gasteiger charge is -2.15. The molecule has 3 nitrogen and oxygen atoms in total. The van der Waals surface area contributed by atoms with Crippen molar-refractivity contribution in [2.75, 3.05) is 11.5 Å². The van der Waals surface area contributed by atoms with E-state index in [-0.39, 0.29) is 17.5 Å². The molecule has 3 unspecified atom stereocenters. The van der Waals surface area contributed by atoms with Crippen LogP contribution in [0, 0.1) is 5.92 Å². The Balaban J connectivity index is 2.11. The van der Waals surface area contributed by atoms with E-state index in [1.807, 2.05) is 0 Å². The van der Waals surface area contributed by atoms with E-state index in [9.17, 15) is 4.79 Å². The maximum absolute atomic E-state index is 11.3. The van der Waals surface area contributed by atoms with Gasteiger partial charge in [0.05, 0.1) is 19.1 Å². The Hall–Kier alpha value is 0.160. The van der Waals surface area contributed by atoms with E-state index in [1.54, 1.807) is 0 Å². The normalized spacial score (nSPS) is 43.8. The molecule has 1 saturated carbocycles. The number of epoxide rings is 1. The zero-order valence-electron chi connectivity index (χ0n) is 6.88. The molecule has 1 aliphatic carbocycles. The second-order valence-electron chi connectivity index (χ2n) is 3.35. The fourth-order valence-corrected chi connectivity index (χ4v) is 3.28. The van der Waals surface area contributed by atoms with Gasteiger partial charge < -0.3 is 9.47 Å². The Labute approximate surface area is 84.9 Å².